The Morgan fingerprint density at radius 1 is 1.20 bits per heavy atom. The van der Waals surface area contributed by atoms with E-state index < -0.39 is 5.54 Å². The van der Waals surface area contributed by atoms with Gasteiger partial charge in [0, 0.05) is 5.54 Å². The molecule has 0 aliphatic heterocycles. The van der Waals surface area contributed by atoms with Crippen LogP contribution in [-0.4, -0.2) is 23.9 Å². The molecule has 0 bridgehead atoms. The minimum absolute atomic E-state index is 0.0156. The highest BCUT2D eigenvalue weighted by molar-refractivity contribution is 5.40. The van der Waals surface area contributed by atoms with Gasteiger partial charge < -0.3 is 15.6 Å². The highest BCUT2D eigenvalue weighted by Crippen LogP contribution is 2.35. The third-order valence-electron chi connectivity index (χ3n) is 5.07. The first-order chi connectivity index (χ1) is 12.1. The van der Waals surface area contributed by atoms with Crippen LogP contribution in [0.15, 0.2) is 30.4 Å². The van der Waals surface area contributed by atoms with E-state index in [4.69, 9.17) is 10.5 Å². The molecule has 0 aromatic heterocycles. The lowest BCUT2D eigenvalue weighted by molar-refractivity contribution is 0.192. The number of nitrogens with two attached hydrogens (primary N) is 1. The summed E-state index contributed by atoms with van der Waals surface area (Å²) >= 11 is 0. The molecule has 0 amide bonds. The Hall–Kier alpha value is -1.32. The lowest BCUT2D eigenvalue weighted by Gasteiger charge is -2.28. The van der Waals surface area contributed by atoms with Gasteiger partial charge in [-0.15, -0.1) is 0 Å². The summed E-state index contributed by atoms with van der Waals surface area (Å²) in [6.07, 6.45) is 13.5. The van der Waals surface area contributed by atoms with Gasteiger partial charge in [0.1, 0.15) is 5.75 Å². The zero-order valence-corrected chi connectivity index (χ0v) is 16.0. The minimum atomic E-state index is -0.534. The molecule has 0 heterocycles. The smallest absolute Gasteiger partial charge is 0.119 e. The molecule has 0 fully saturated rings. The van der Waals surface area contributed by atoms with Crippen molar-refractivity contribution in [2.75, 3.05) is 13.2 Å². The number of aliphatic hydroxyl groups is 1. The van der Waals surface area contributed by atoms with Crippen molar-refractivity contribution >= 4 is 0 Å². The number of rotatable bonds is 10. The van der Waals surface area contributed by atoms with Crippen LogP contribution < -0.4 is 10.5 Å². The van der Waals surface area contributed by atoms with Crippen LogP contribution in [0.5, 0.6) is 5.75 Å². The molecule has 1 aromatic rings. The fourth-order valence-corrected chi connectivity index (χ4v) is 3.56. The zero-order valence-electron chi connectivity index (χ0n) is 16.0. The molecular formula is C22H35NO2. The first-order valence-corrected chi connectivity index (χ1v) is 9.86. The van der Waals surface area contributed by atoms with Gasteiger partial charge in [-0.05, 0) is 61.8 Å². The van der Waals surface area contributed by atoms with E-state index in [-0.39, 0.29) is 6.61 Å². The van der Waals surface area contributed by atoms with Gasteiger partial charge in [-0.1, -0.05) is 50.8 Å². The van der Waals surface area contributed by atoms with Crippen LogP contribution in [0.25, 0.3) is 0 Å². The third-order valence-corrected chi connectivity index (χ3v) is 5.07. The second-order valence-electron chi connectivity index (χ2n) is 7.75. The molecule has 3 nitrogen and oxygen atoms in total. The van der Waals surface area contributed by atoms with Crippen molar-refractivity contribution in [3.05, 3.63) is 41.5 Å². The first kappa shape index (κ1) is 20.0. The van der Waals surface area contributed by atoms with E-state index in [9.17, 15) is 5.11 Å². The largest absolute Gasteiger partial charge is 0.494 e. The number of fused-ring (bicyclic) bond motifs is 1. The van der Waals surface area contributed by atoms with E-state index in [1.807, 2.05) is 6.92 Å². The molecule has 1 aromatic carbocycles. The Bertz CT molecular complexity index is 551. The molecule has 0 radical (unpaired) electrons. The normalized spacial score (nSPS) is 19.1. The van der Waals surface area contributed by atoms with Crippen molar-refractivity contribution in [3.63, 3.8) is 0 Å². The van der Waals surface area contributed by atoms with Crippen molar-refractivity contribution in [2.45, 2.75) is 76.7 Å². The number of ether oxygens (including phenoxy) is 1. The highest BCUT2D eigenvalue weighted by atomic mass is 16.5. The van der Waals surface area contributed by atoms with Crippen molar-refractivity contribution in [2.24, 2.45) is 5.73 Å². The summed E-state index contributed by atoms with van der Waals surface area (Å²) in [6, 6.07) is 6.49. The molecule has 140 valence electrons. The number of hydrogen-bond donors (Lipinski definition) is 2. The molecule has 0 unspecified atom stereocenters. The van der Waals surface area contributed by atoms with E-state index in [0.717, 1.165) is 38.0 Å². The fraction of sp³-hybridized carbons (Fsp3) is 0.636. The summed E-state index contributed by atoms with van der Waals surface area (Å²) in [5, 5.41) is 9.50. The van der Waals surface area contributed by atoms with E-state index in [2.05, 4.69) is 37.3 Å². The Morgan fingerprint density at radius 2 is 2.00 bits per heavy atom. The van der Waals surface area contributed by atoms with Crippen molar-refractivity contribution < 1.29 is 9.84 Å². The number of unbranched alkanes of at least 4 members (excludes halogenated alkanes) is 4. The van der Waals surface area contributed by atoms with E-state index in [1.165, 1.54) is 36.8 Å². The number of aliphatic hydroxyl groups excluding tert-OH is 1. The van der Waals surface area contributed by atoms with Gasteiger partial charge in [-0.25, -0.2) is 0 Å². The maximum absolute atomic E-state index is 9.50. The molecule has 25 heavy (non-hydrogen) atoms. The fourth-order valence-electron chi connectivity index (χ4n) is 3.56. The van der Waals surface area contributed by atoms with Crippen LogP contribution in [0.1, 0.15) is 75.8 Å². The van der Waals surface area contributed by atoms with Gasteiger partial charge in [0.25, 0.3) is 0 Å². The molecule has 3 heteroatoms. The van der Waals surface area contributed by atoms with Gasteiger partial charge in [-0.2, -0.15) is 0 Å². The molecule has 3 N–H and O–H groups in total. The molecule has 2 rings (SSSR count). The van der Waals surface area contributed by atoms with E-state index in [1.54, 1.807) is 0 Å². The average molecular weight is 346 g/mol. The maximum atomic E-state index is 9.50. The quantitative estimate of drug-likeness (QED) is 0.476. The topological polar surface area (TPSA) is 55.5 Å². The predicted octanol–water partition coefficient (Wildman–Crippen LogP) is 4.72. The number of benzene rings is 1. The number of allylic oxidation sites excluding steroid dienone is 2. The van der Waals surface area contributed by atoms with Crippen LogP contribution >= 0.6 is 0 Å². The molecule has 1 aliphatic rings. The second-order valence-corrected chi connectivity index (χ2v) is 7.75. The lowest BCUT2D eigenvalue weighted by Crippen LogP contribution is -2.41. The highest BCUT2D eigenvalue weighted by Gasteiger charge is 2.26. The lowest BCUT2D eigenvalue weighted by atomic mass is 9.82. The predicted molar refractivity (Wildman–Crippen MR) is 105 cm³/mol. The van der Waals surface area contributed by atoms with Crippen molar-refractivity contribution in [1.82, 2.24) is 0 Å². The van der Waals surface area contributed by atoms with Crippen LogP contribution in [0.3, 0.4) is 0 Å². The van der Waals surface area contributed by atoms with Gasteiger partial charge >= 0.3 is 0 Å². The molecular weight excluding hydrogens is 310 g/mol. The second kappa shape index (κ2) is 9.98. The summed E-state index contributed by atoms with van der Waals surface area (Å²) in [4.78, 5) is 0. The Kier molecular flexibility index (Phi) is 7.98. The van der Waals surface area contributed by atoms with Crippen LogP contribution in [0.2, 0.25) is 0 Å². The Morgan fingerprint density at radius 3 is 2.76 bits per heavy atom. The molecule has 1 aliphatic carbocycles. The summed E-state index contributed by atoms with van der Waals surface area (Å²) < 4.78 is 5.96. The zero-order chi connectivity index (χ0) is 18.1. The summed E-state index contributed by atoms with van der Waals surface area (Å²) in [7, 11) is 0. The molecule has 0 saturated carbocycles. The molecule has 0 saturated heterocycles. The summed E-state index contributed by atoms with van der Waals surface area (Å²) in [6.45, 7) is 4.98. The molecule has 0 spiro atoms. The van der Waals surface area contributed by atoms with Crippen LogP contribution in [-0.2, 0) is 6.42 Å². The first-order valence-electron chi connectivity index (χ1n) is 9.86. The van der Waals surface area contributed by atoms with Crippen LogP contribution in [0, 0.1) is 0 Å². The van der Waals surface area contributed by atoms with Gasteiger partial charge in [0.05, 0.1) is 13.2 Å². The minimum Gasteiger partial charge on any atom is -0.494 e. The van der Waals surface area contributed by atoms with Crippen molar-refractivity contribution in [3.8, 4) is 5.75 Å². The average Bonchev–Trinajstić information content (AvgIpc) is 2.79. The summed E-state index contributed by atoms with van der Waals surface area (Å²) in [5.74, 6) is 1.33. The molecule has 2 atom stereocenters. The van der Waals surface area contributed by atoms with Gasteiger partial charge in [0.2, 0.25) is 0 Å². The summed E-state index contributed by atoms with van der Waals surface area (Å²) in [5.41, 5.74) is 8.35. The van der Waals surface area contributed by atoms with Crippen LogP contribution in [0.4, 0.5) is 0 Å². The monoisotopic (exact) mass is 345 g/mol. The standard InChI is InChI=1S/C22H35NO2/c1-3-4-5-6-9-14-25-20-12-13-21-18(15-20)10-7-8-11-19(21)16-22(2,23)17-24/h7-8,12-13,15,19,24H,3-6,9-11,14,16-17,23H2,1-2H3/t19-,22-/m0/s1. The van der Waals surface area contributed by atoms with Gasteiger partial charge in [-0.3, -0.25) is 0 Å². The van der Waals surface area contributed by atoms with E-state index >= 15 is 0 Å². The number of hydrogen-bond acceptors (Lipinski definition) is 3. The third kappa shape index (κ3) is 6.48. The Balaban J connectivity index is 1.97. The maximum Gasteiger partial charge on any atom is 0.119 e. The van der Waals surface area contributed by atoms with Crippen molar-refractivity contribution in [1.29, 1.82) is 0 Å². The van der Waals surface area contributed by atoms with Gasteiger partial charge in [0.15, 0.2) is 0 Å². The van der Waals surface area contributed by atoms with E-state index in [0.29, 0.717) is 5.92 Å². The SMILES string of the molecule is CCCCCCCOc1ccc2c(c1)CC=CC[C@H]2C[C@](C)(N)CO. The Labute approximate surface area is 153 Å².